The highest BCUT2D eigenvalue weighted by Crippen LogP contribution is 2.41. The van der Waals surface area contributed by atoms with Gasteiger partial charge in [-0.25, -0.2) is 10.9 Å². The van der Waals surface area contributed by atoms with E-state index in [0.29, 0.717) is 21.8 Å². The number of benzene rings is 1. The second-order valence-electron chi connectivity index (χ2n) is 7.43. The van der Waals surface area contributed by atoms with Gasteiger partial charge in [-0.2, -0.15) is 0 Å². The first-order chi connectivity index (χ1) is 9.76. The van der Waals surface area contributed by atoms with Crippen LogP contribution in [0.5, 0.6) is 5.75 Å². The number of anilines is 1. The van der Waals surface area contributed by atoms with Gasteiger partial charge in [0.1, 0.15) is 5.75 Å². The van der Waals surface area contributed by atoms with Crippen molar-refractivity contribution < 1.29 is 14.7 Å². The third-order valence-corrected chi connectivity index (χ3v) is 3.42. The zero-order chi connectivity index (χ0) is 17.5. The van der Waals surface area contributed by atoms with Gasteiger partial charge in [0.15, 0.2) is 0 Å². The van der Waals surface area contributed by atoms with Crippen LogP contribution in [0, 0.1) is 0 Å². The Bertz CT molecular complexity index is 575. The summed E-state index contributed by atoms with van der Waals surface area (Å²) in [5.74, 6) is 3.74. The van der Waals surface area contributed by atoms with Gasteiger partial charge < -0.3 is 10.8 Å². The van der Waals surface area contributed by atoms with E-state index >= 15 is 0 Å². The molecular weight excluding hydrogens is 282 g/mol. The molecule has 0 aliphatic rings. The van der Waals surface area contributed by atoms with Crippen LogP contribution in [0.1, 0.15) is 52.7 Å². The van der Waals surface area contributed by atoms with Crippen molar-refractivity contribution in [2.24, 2.45) is 11.6 Å². The molecule has 0 atom stereocenters. The average molecular weight is 307 g/mol. The van der Waals surface area contributed by atoms with Crippen LogP contribution in [0.25, 0.3) is 0 Å². The number of nitrogens with zero attached hydrogens (tertiary/aromatic N) is 1. The Balaban J connectivity index is 3.61. The van der Waals surface area contributed by atoms with Crippen LogP contribution in [0.15, 0.2) is 12.1 Å². The van der Waals surface area contributed by atoms with Gasteiger partial charge >= 0.3 is 11.8 Å². The molecule has 1 rings (SSSR count). The lowest BCUT2D eigenvalue weighted by Crippen LogP contribution is -2.45. The minimum Gasteiger partial charge on any atom is -0.507 e. The van der Waals surface area contributed by atoms with Gasteiger partial charge in [-0.3, -0.25) is 9.59 Å². The summed E-state index contributed by atoms with van der Waals surface area (Å²) in [6, 6.07) is 3.21. The number of carbonyl (C=O) groups is 2. The molecule has 0 heterocycles. The number of carbonyl (C=O) groups excluding carboxylic acids is 2. The number of phenolic OH excluding ortho intramolecular Hbond substituents is 1. The molecule has 0 aromatic heterocycles. The van der Waals surface area contributed by atoms with Crippen LogP contribution in [0.4, 0.5) is 5.69 Å². The Morgan fingerprint density at radius 2 is 1.36 bits per heavy atom. The smallest absolute Gasteiger partial charge is 0.330 e. The lowest BCUT2D eigenvalue weighted by molar-refractivity contribution is -0.135. The van der Waals surface area contributed by atoms with Crippen molar-refractivity contribution in [2.75, 3.05) is 5.01 Å². The molecule has 122 valence electrons. The number of nitrogens with two attached hydrogens (primary N) is 2. The molecule has 1 aromatic carbocycles. The molecule has 0 saturated carbocycles. The van der Waals surface area contributed by atoms with E-state index in [-0.39, 0.29) is 16.6 Å². The fourth-order valence-corrected chi connectivity index (χ4v) is 2.14. The molecule has 0 unspecified atom stereocenters. The second kappa shape index (κ2) is 5.61. The molecule has 5 N–H and O–H groups in total. The fraction of sp³-hybridized carbons (Fsp3) is 0.500. The van der Waals surface area contributed by atoms with Crippen molar-refractivity contribution in [1.82, 2.24) is 0 Å². The molecule has 0 bridgehead atoms. The molecule has 0 radical (unpaired) electrons. The highest BCUT2D eigenvalue weighted by atomic mass is 16.3. The summed E-state index contributed by atoms with van der Waals surface area (Å²) >= 11 is 0. The maximum atomic E-state index is 11.7. The molecule has 2 amide bonds. The summed E-state index contributed by atoms with van der Waals surface area (Å²) in [6.07, 6.45) is 0. The van der Waals surface area contributed by atoms with Crippen LogP contribution in [-0.4, -0.2) is 16.9 Å². The third-order valence-electron chi connectivity index (χ3n) is 3.42. The number of primary amides is 1. The average Bonchev–Trinajstić information content (AvgIpc) is 2.34. The number of hydrazine groups is 1. The standard InChI is InChI=1S/C16H25N3O3/c1-15(2,3)10-7-9(19(18)14(22)13(17)21)8-11(12(10)20)16(4,5)6/h7-8,20H,18H2,1-6H3,(H2,17,21). The van der Waals surface area contributed by atoms with E-state index in [1.54, 1.807) is 12.1 Å². The number of amides is 2. The van der Waals surface area contributed by atoms with Gasteiger partial charge in [0.05, 0.1) is 5.69 Å². The Morgan fingerprint density at radius 3 is 1.64 bits per heavy atom. The maximum absolute atomic E-state index is 11.7. The van der Waals surface area contributed by atoms with Crippen molar-refractivity contribution in [3.8, 4) is 5.75 Å². The Kier molecular flexibility index (Phi) is 4.58. The predicted octanol–water partition coefficient (Wildman–Crippen LogP) is 1.68. The van der Waals surface area contributed by atoms with E-state index < -0.39 is 11.8 Å². The lowest BCUT2D eigenvalue weighted by Gasteiger charge is -2.29. The van der Waals surface area contributed by atoms with Crippen molar-refractivity contribution in [2.45, 2.75) is 52.4 Å². The molecule has 6 nitrogen and oxygen atoms in total. The van der Waals surface area contributed by atoms with Crippen LogP contribution in [-0.2, 0) is 20.4 Å². The lowest BCUT2D eigenvalue weighted by atomic mass is 9.79. The minimum absolute atomic E-state index is 0.170. The molecule has 22 heavy (non-hydrogen) atoms. The summed E-state index contributed by atoms with van der Waals surface area (Å²) < 4.78 is 0. The van der Waals surface area contributed by atoms with Crippen LogP contribution in [0.3, 0.4) is 0 Å². The SMILES string of the molecule is CC(C)(C)c1cc(N(N)C(=O)C(N)=O)cc(C(C)(C)C)c1O. The molecule has 0 aliphatic carbocycles. The van der Waals surface area contributed by atoms with E-state index in [1.165, 1.54) is 0 Å². The van der Waals surface area contributed by atoms with Crippen molar-refractivity contribution in [3.63, 3.8) is 0 Å². The summed E-state index contributed by atoms with van der Waals surface area (Å²) in [4.78, 5) is 22.8. The summed E-state index contributed by atoms with van der Waals surface area (Å²) in [6.45, 7) is 11.6. The topological polar surface area (TPSA) is 110 Å². The highest BCUT2D eigenvalue weighted by Gasteiger charge is 2.29. The van der Waals surface area contributed by atoms with Crippen molar-refractivity contribution >= 4 is 17.5 Å². The zero-order valence-corrected chi connectivity index (χ0v) is 14.0. The van der Waals surface area contributed by atoms with Crippen LogP contribution in [0.2, 0.25) is 0 Å². The number of hydrogen-bond donors (Lipinski definition) is 3. The zero-order valence-electron chi connectivity index (χ0n) is 14.0. The first-order valence-electron chi connectivity index (χ1n) is 7.03. The predicted molar refractivity (Wildman–Crippen MR) is 86.4 cm³/mol. The van der Waals surface area contributed by atoms with Gasteiger partial charge in [0.2, 0.25) is 0 Å². The third kappa shape index (κ3) is 3.57. The van der Waals surface area contributed by atoms with Gasteiger partial charge in [0, 0.05) is 11.1 Å². The molecular formula is C16H25N3O3. The summed E-state index contributed by atoms with van der Waals surface area (Å²) in [7, 11) is 0. The second-order valence-corrected chi connectivity index (χ2v) is 7.43. The van der Waals surface area contributed by atoms with Gasteiger partial charge in [0.25, 0.3) is 0 Å². The van der Waals surface area contributed by atoms with E-state index in [1.807, 2.05) is 41.5 Å². The van der Waals surface area contributed by atoms with Crippen molar-refractivity contribution in [1.29, 1.82) is 0 Å². The van der Waals surface area contributed by atoms with E-state index in [9.17, 15) is 14.7 Å². The first-order valence-corrected chi connectivity index (χ1v) is 7.03. The van der Waals surface area contributed by atoms with E-state index in [0.717, 1.165) is 0 Å². The number of phenols is 1. The monoisotopic (exact) mass is 307 g/mol. The largest absolute Gasteiger partial charge is 0.507 e. The van der Waals surface area contributed by atoms with Crippen LogP contribution < -0.4 is 16.6 Å². The molecule has 6 heteroatoms. The van der Waals surface area contributed by atoms with Crippen LogP contribution >= 0.6 is 0 Å². The van der Waals surface area contributed by atoms with Gasteiger partial charge in [-0.05, 0) is 23.0 Å². The molecule has 0 spiro atoms. The Hall–Kier alpha value is -2.08. The van der Waals surface area contributed by atoms with E-state index in [2.05, 4.69) is 0 Å². The van der Waals surface area contributed by atoms with E-state index in [4.69, 9.17) is 11.6 Å². The highest BCUT2D eigenvalue weighted by molar-refractivity contribution is 6.39. The van der Waals surface area contributed by atoms with Gasteiger partial charge in [-0.1, -0.05) is 41.5 Å². The number of hydrogen-bond acceptors (Lipinski definition) is 4. The molecule has 0 aliphatic heterocycles. The molecule has 0 fully saturated rings. The summed E-state index contributed by atoms with van der Waals surface area (Å²) in [5.41, 5.74) is 5.86. The fourth-order valence-electron chi connectivity index (χ4n) is 2.14. The molecule has 1 aromatic rings. The van der Waals surface area contributed by atoms with Crippen molar-refractivity contribution in [3.05, 3.63) is 23.3 Å². The Morgan fingerprint density at radius 1 is 1.00 bits per heavy atom. The normalized spacial score (nSPS) is 12.1. The number of rotatable bonds is 1. The Labute approximate surface area is 131 Å². The minimum atomic E-state index is -1.13. The quantitative estimate of drug-likeness (QED) is 0.317. The van der Waals surface area contributed by atoms with Gasteiger partial charge in [-0.15, -0.1) is 0 Å². The molecule has 0 saturated heterocycles. The first kappa shape index (κ1) is 18.0. The maximum Gasteiger partial charge on any atom is 0.330 e. The summed E-state index contributed by atoms with van der Waals surface area (Å²) in [5, 5.41) is 11.3. The number of aromatic hydroxyl groups is 1.